The largest absolute Gasteiger partial charge is 0.504 e. The van der Waals surface area contributed by atoms with Crippen molar-refractivity contribution in [3.8, 4) is 23.7 Å². The van der Waals surface area contributed by atoms with Crippen LogP contribution in [0.5, 0.6) is 5.75 Å². The molecule has 0 atom stereocenters. The predicted octanol–water partition coefficient (Wildman–Crippen LogP) is 4.05. The van der Waals surface area contributed by atoms with Gasteiger partial charge in [0, 0.05) is 22.9 Å². The fraction of sp³-hybridized carbons (Fsp3) is 0.200. The van der Waals surface area contributed by atoms with Crippen LogP contribution >= 0.6 is 0 Å². The molecule has 0 unspecified atom stereocenters. The van der Waals surface area contributed by atoms with Gasteiger partial charge in [0.15, 0.2) is 11.5 Å². The minimum Gasteiger partial charge on any atom is -0.504 e. The van der Waals surface area contributed by atoms with Crippen molar-refractivity contribution in [1.29, 1.82) is 5.26 Å². The van der Waals surface area contributed by atoms with Gasteiger partial charge in [0.25, 0.3) is 0 Å². The number of rotatable bonds is 5. The van der Waals surface area contributed by atoms with E-state index in [0.29, 0.717) is 16.5 Å². The highest BCUT2D eigenvalue weighted by Crippen LogP contribution is 2.30. The standard InChI is InChI=1S/C25H20N2O4/c1-3-31-23(29)13-12-22(28)24-25(30)20(15-26)19-11-10-18(14-21(19)27-24)9-8-17-6-4-16(2)5-7-17/h4-7,10-11,14,30H,3,12-13H2,1-2H3. The molecular formula is C25H20N2O4. The number of ketones is 1. The summed E-state index contributed by atoms with van der Waals surface area (Å²) in [5.41, 5.74) is 2.74. The van der Waals surface area contributed by atoms with E-state index < -0.39 is 17.5 Å². The molecule has 0 radical (unpaired) electrons. The molecule has 0 fully saturated rings. The van der Waals surface area contributed by atoms with E-state index in [4.69, 9.17) is 4.74 Å². The first-order valence-electron chi connectivity index (χ1n) is 9.77. The number of carbonyl (C=O) groups excluding carboxylic acids is 2. The van der Waals surface area contributed by atoms with Gasteiger partial charge in [-0.25, -0.2) is 4.98 Å². The maximum atomic E-state index is 12.5. The third kappa shape index (κ3) is 5.07. The van der Waals surface area contributed by atoms with Crippen molar-refractivity contribution >= 4 is 22.7 Å². The van der Waals surface area contributed by atoms with E-state index in [-0.39, 0.29) is 30.7 Å². The molecule has 1 heterocycles. The Hall–Kier alpha value is -4.16. The number of hydrogen-bond donors (Lipinski definition) is 1. The Morgan fingerprint density at radius 1 is 1.06 bits per heavy atom. The second-order valence-corrected chi connectivity index (χ2v) is 6.87. The molecule has 0 aliphatic heterocycles. The summed E-state index contributed by atoms with van der Waals surface area (Å²) < 4.78 is 4.82. The van der Waals surface area contributed by atoms with Crippen molar-refractivity contribution in [1.82, 2.24) is 4.98 Å². The first kappa shape index (κ1) is 21.5. The summed E-state index contributed by atoms with van der Waals surface area (Å²) in [4.78, 5) is 28.3. The Morgan fingerprint density at radius 2 is 1.74 bits per heavy atom. The van der Waals surface area contributed by atoms with E-state index in [1.807, 2.05) is 37.3 Å². The molecule has 3 aromatic rings. The SMILES string of the molecule is CCOC(=O)CCC(=O)c1nc2cc(C#Cc3ccc(C)cc3)ccc2c(C#N)c1O. The van der Waals surface area contributed by atoms with Crippen LogP contribution in [0.25, 0.3) is 10.9 Å². The van der Waals surface area contributed by atoms with Crippen LogP contribution in [0.3, 0.4) is 0 Å². The van der Waals surface area contributed by atoms with Crippen molar-refractivity contribution in [3.63, 3.8) is 0 Å². The average Bonchev–Trinajstić information content (AvgIpc) is 2.77. The molecule has 2 aromatic carbocycles. The summed E-state index contributed by atoms with van der Waals surface area (Å²) in [6.45, 7) is 3.90. The molecule has 0 aliphatic carbocycles. The lowest BCUT2D eigenvalue weighted by Gasteiger charge is -2.08. The fourth-order valence-electron chi connectivity index (χ4n) is 2.99. The van der Waals surface area contributed by atoms with Gasteiger partial charge in [0.2, 0.25) is 0 Å². The smallest absolute Gasteiger partial charge is 0.306 e. The van der Waals surface area contributed by atoms with Crippen LogP contribution in [0.2, 0.25) is 0 Å². The highest BCUT2D eigenvalue weighted by Gasteiger charge is 2.21. The van der Waals surface area contributed by atoms with Gasteiger partial charge in [0.05, 0.1) is 18.5 Å². The number of fused-ring (bicyclic) bond motifs is 1. The maximum absolute atomic E-state index is 12.5. The van der Waals surface area contributed by atoms with Crippen LogP contribution < -0.4 is 0 Å². The summed E-state index contributed by atoms with van der Waals surface area (Å²) in [7, 11) is 0. The molecule has 0 amide bonds. The Balaban J connectivity index is 1.96. The Kier molecular flexibility index (Phi) is 6.64. The van der Waals surface area contributed by atoms with Crippen molar-refractivity contribution < 1.29 is 19.4 Å². The molecule has 0 bridgehead atoms. The van der Waals surface area contributed by atoms with E-state index >= 15 is 0 Å². The zero-order chi connectivity index (χ0) is 22.4. The summed E-state index contributed by atoms with van der Waals surface area (Å²) in [5.74, 6) is 4.58. The van der Waals surface area contributed by atoms with E-state index in [9.17, 15) is 20.0 Å². The molecule has 154 valence electrons. The van der Waals surface area contributed by atoms with Crippen LogP contribution in [0, 0.1) is 30.1 Å². The molecule has 1 aromatic heterocycles. The first-order valence-corrected chi connectivity index (χ1v) is 9.77. The second kappa shape index (κ2) is 9.56. The number of aryl methyl sites for hydroxylation is 1. The second-order valence-electron chi connectivity index (χ2n) is 6.87. The Morgan fingerprint density at radius 3 is 2.42 bits per heavy atom. The first-order chi connectivity index (χ1) is 14.9. The lowest BCUT2D eigenvalue weighted by molar-refractivity contribution is -0.143. The minimum absolute atomic E-state index is 0.0393. The number of pyridine rings is 1. The molecule has 0 saturated heterocycles. The van der Waals surface area contributed by atoms with Gasteiger partial charge in [-0.3, -0.25) is 9.59 Å². The molecule has 6 nitrogen and oxygen atoms in total. The maximum Gasteiger partial charge on any atom is 0.306 e. The highest BCUT2D eigenvalue weighted by atomic mass is 16.5. The van der Waals surface area contributed by atoms with Crippen LogP contribution in [0.1, 0.15) is 52.5 Å². The molecular weight excluding hydrogens is 392 g/mol. The van der Waals surface area contributed by atoms with Gasteiger partial charge in [-0.1, -0.05) is 35.6 Å². The van der Waals surface area contributed by atoms with Crippen LogP contribution in [0.15, 0.2) is 42.5 Å². The van der Waals surface area contributed by atoms with Crippen molar-refractivity contribution in [2.75, 3.05) is 6.61 Å². The third-order valence-corrected chi connectivity index (χ3v) is 4.60. The number of nitriles is 1. The van der Waals surface area contributed by atoms with E-state index in [2.05, 4.69) is 16.8 Å². The number of hydrogen-bond acceptors (Lipinski definition) is 6. The lowest BCUT2D eigenvalue weighted by atomic mass is 10.0. The van der Waals surface area contributed by atoms with Crippen LogP contribution in [-0.4, -0.2) is 28.4 Å². The number of carbonyl (C=O) groups is 2. The third-order valence-electron chi connectivity index (χ3n) is 4.60. The summed E-state index contributed by atoms with van der Waals surface area (Å²) >= 11 is 0. The zero-order valence-electron chi connectivity index (χ0n) is 17.2. The van der Waals surface area contributed by atoms with Crippen molar-refractivity contribution in [3.05, 3.63) is 70.4 Å². The summed E-state index contributed by atoms with van der Waals surface area (Å²) in [5, 5.41) is 20.3. The Labute approximate surface area is 180 Å². The number of aromatic nitrogens is 1. The normalized spacial score (nSPS) is 10.1. The molecule has 1 N–H and O–H groups in total. The number of aromatic hydroxyl groups is 1. The molecule has 3 rings (SSSR count). The van der Waals surface area contributed by atoms with Gasteiger partial charge >= 0.3 is 5.97 Å². The molecule has 0 saturated carbocycles. The molecule has 6 heteroatoms. The van der Waals surface area contributed by atoms with E-state index in [0.717, 1.165) is 11.1 Å². The van der Waals surface area contributed by atoms with Gasteiger partial charge in [-0.05, 0) is 38.1 Å². The van der Waals surface area contributed by atoms with Crippen molar-refractivity contribution in [2.45, 2.75) is 26.7 Å². The van der Waals surface area contributed by atoms with Gasteiger partial charge in [0.1, 0.15) is 17.3 Å². The van der Waals surface area contributed by atoms with Gasteiger partial charge < -0.3 is 9.84 Å². The van der Waals surface area contributed by atoms with Crippen LogP contribution in [0.4, 0.5) is 0 Å². The monoisotopic (exact) mass is 412 g/mol. The highest BCUT2D eigenvalue weighted by molar-refractivity contribution is 6.02. The van der Waals surface area contributed by atoms with Gasteiger partial charge in [-0.15, -0.1) is 0 Å². The van der Waals surface area contributed by atoms with Gasteiger partial charge in [-0.2, -0.15) is 5.26 Å². The number of ether oxygens (including phenoxy) is 1. The minimum atomic E-state index is -0.542. The Bertz CT molecular complexity index is 1260. The lowest BCUT2D eigenvalue weighted by Crippen LogP contribution is -2.10. The van der Waals surface area contributed by atoms with E-state index in [1.54, 1.807) is 25.1 Å². The number of esters is 1. The topological polar surface area (TPSA) is 100 Å². The molecule has 31 heavy (non-hydrogen) atoms. The van der Waals surface area contributed by atoms with Crippen molar-refractivity contribution in [2.24, 2.45) is 0 Å². The molecule has 0 aliphatic rings. The quantitative estimate of drug-likeness (QED) is 0.386. The van der Waals surface area contributed by atoms with E-state index in [1.165, 1.54) is 0 Å². The predicted molar refractivity (Wildman–Crippen MR) is 115 cm³/mol. The fourth-order valence-corrected chi connectivity index (χ4v) is 2.99. The number of nitrogens with zero attached hydrogens (tertiary/aromatic N) is 2. The zero-order valence-corrected chi connectivity index (χ0v) is 17.2. The molecule has 0 spiro atoms. The number of Topliss-reactive ketones (excluding diaryl/α,β-unsaturated/α-hetero) is 1. The van der Waals surface area contributed by atoms with Crippen LogP contribution in [-0.2, 0) is 9.53 Å². The summed E-state index contributed by atoms with van der Waals surface area (Å²) in [6, 6.07) is 14.8. The average molecular weight is 412 g/mol. The summed E-state index contributed by atoms with van der Waals surface area (Å²) in [6.07, 6.45) is -0.307. The number of benzene rings is 2.